The van der Waals surface area contributed by atoms with Gasteiger partial charge in [-0.15, -0.1) is 0 Å². The molecule has 1 amide bonds. The van der Waals surface area contributed by atoms with E-state index in [1.165, 1.54) is 13.1 Å². The Morgan fingerprint density at radius 1 is 1.27 bits per heavy atom. The van der Waals surface area contributed by atoms with Crippen molar-refractivity contribution < 1.29 is 18.7 Å². The number of anilines is 1. The van der Waals surface area contributed by atoms with Gasteiger partial charge in [0.25, 0.3) is 5.91 Å². The van der Waals surface area contributed by atoms with E-state index in [1.807, 2.05) is 0 Å². The van der Waals surface area contributed by atoms with E-state index in [0.717, 1.165) is 0 Å². The molecule has 3 rings (SSSR count). The van der Waals surface area contributed by atoms with Crippen molar-refractivity contribution in [3.8, 4) is 0 Å². The van der Waals surface area contributed by atoms with Crippen molar-refractivity contribution in [1.29, 1.82) is 0 Å². The molecule has 0 bridgehead atoms. The Bertz CT molecular complexity index is 1000. The van der Waals surface area contributed by atoms with Gasteiger partial charge < -0.3 is 14.5 Å². The third kappa shape index (κ3) is 3.66. The second-order valence-corrected chi connectivity index (χ2v) is 6.37. The number of carbonyl (C=O) groups is 2. The topological polar surface area (TPSA) is 81.4 Å². The maximum absolute atomic E-state index is 12.4. The summed E-state index contributed by atoms with van der Waals surface area (Å²) >= 11 is 11.9. The average Bonchev–Trinajstić information content (AvgIpc) is 2.93. The molecule has 0 saturated heterocycles. The number of halogens is 2. The third-order valence-corrected chi connectivity index (χ3v) is 4.29. The van der Waals surface area contributed by atoms with Crippen molar-refractivity contribution in [2.45, 2.75) is 20.0 Å². The van der Waals surface area contributed by atoms with Gasteiger partial charge in [0, 0.05) is 22.2 Å². The van der Waals surface area contributed by atoms with E-state index in [1.54, 1.807) is 37.3 Å². The van der Waals surface area contributed by atoms with Gasteiger partial charge in [0.1, 0.15) is 5.58 Å². The highest BCUT2D eigenvalue weighted by molar-refractivity contribution is 6.32. The lowest BCUT2D eigenvalue weighted by molar-refractivity contribution is -0.123. The number of ether oxygens (including phenoxy) is 1. The zero-order valence-electron chi connectivity index (χ0n) is 13.9. The molecule has 6 nitrogen and oxygen atoms in total. The molecule has 0 fully saturated rings. The molecule has 0 unspecified atom stereocenters. The predicted molar refractivity (Wildman–Crippen MR) is 98.7 cm³/mol. The van der Waals surface area contributed by atoms with Crippen molar-refractivity contribution in [2.24, 2.45) is 0 Å². The van der Waals surface area contributed by atoms with Gasteiger partial charge >= 0.3 is 5.97 Å². The molecular weight excluding hydrogens is 379 g/mol. The first kappa shape index (κ1) is 18.2. The number of carbonyl (C=O) groups excluding carboxylic acids is 2. The van der Waals surface area contributed by atoms with Crippen molar-refractivity contribution in [3.63, 3.8) is 0 Å². The number of fused-ring (bicyclic) bond motifs is 1. The molecule has 0 aliphatic carbocycles. The van der Waals surface area contributed by atoms with Gasteiger partial charge in [0.05, 0.1) is 5.69 Å². The van der Waals surface area contributed by atoms with Crippen LogP contribution in [0.1, 0.15) is 23.0 Å². The number of rotatable bonds is 4. The lowest BCUT2D eigenvalue weighted by Gasteiger charge is -2.13. The fraction of sp³-hybridized carbons (Fsp3) is 0.167. The lowest BCUT2D eigenvalue weighted by atomic mass is 10.1. The molecule has 3 aromatic rings. The number of nitrogens with zero attached hydrogens (tertiary/aromatic N) is 1. The van der Waals surface area contributed by atoms with Crippen LogP contribution < -0.4 is 5.32 Å². The number of furan rings is 1. The van der Waals surface area contributed by atoms with E-state index < -0.39 is 18.0 Å². The zero-order valence-corrected chi connectivity index (χ0v) is 15.4. The molecule has 26 heavy (non-hydrogen) atoms. The molecule has 0 aliphatic heterocycles. The first-order valence-corrected chi connectivity index (χ1v) is 8.43. The summed E-state index contributed by atoms with van der Waals surface area (Å²) in [6.45, 7) is 3.17. The minimum absolute atomic E-state index is 0.0290. The maximum atomic E-state index is 12.4. The number of pyridine rings is 1. The summed E-state index contributed by atoms with van der Waals surface area (Å²) in [5.41, 5.74) is 1.44. The Kier molecular flexibility index (Phi) is 5.15. The van der Waals surface area contributed by atoms with Crippen LogP contribution in [0.25, 0.3) is 11.0 Å². The number of hydrogen-bond acceptors (Lipinski definition) is 5. The van der Waals surface area contributed by atoms with Gasteiger partial charge in [0.15, 0.2) is 11.3 Å². The van der Waals surface area contributed by atoms with Gasteiger partial charge in [0.2, 0.25) is 5.76 Å². The Hall–Kier alpha value is -2.57. The van der Waals surface area contributed by atoms with E-state index in [9.17, 15) is 9.59 Å². The number of esters is 1. The highest BCUT2D eigenvalue weighted by Gasteiger charge is 2.24. The number of hydrogen-bond donors (Lipinski definition) is 1. The van der Waals surface area contributed by atoms with E-state index in [4.69, 9.17) is 32.4 Å². The monoisotopic (exact) mass is 392 g/mol. The van der Waals surface area contributed by atoms with Crippen LogP contribution in [0, 0.1) is 6.92 Å². The fourth-order valence-corrected chi connectivity index (χ4v) is 2.71. The molecule has 0 aliphatic rings. The van der Waals surface area contributed by atoms with Crippen molar-refractivity contribution in [1.82, 2.24) is 4.98 Å². The molecule has 1 aromatic carbocycles. The summed E-state index contributed by atoms with van der Waals surface area (Å²) < 4.78 is 10.7. The third-order valence-electron chi connectivity index (χ3n) is 3.75. The van der Waals surface area contributed by atoms with E-state index in [0.29, 0.717) is 27.2 Å². The Labute approximate surface area is 159 Å². The van der Waals surface area contributed by atoms with Crippen molar-refractivity contribution in [2.75, 3.05) is 5.32 Å². The van der Waals surface area contributed by atoms with Crippen LogP contribution in [0.3, 0.4) is 0 Å². The summed E-state index contributed by atoms with van der Waals surface area (Å²) in [6.07, 6.45) is 0.438. The first-order valence-electron chi connectivity index (χ1n) is 7.68. The number of aryl methyl sites for hydroxylation is 1. The van der Waals surface area contributed by atoms with Gasteiger partial charge in [-0.25, -0.2) is 9.78 Å². The number of benzene rings is 1. The quantitative estimate of drug-likeness (QED) is 0.517. The van der Waals surface area contributed by atoms with E-state index in [2.05, 4.69) is 10.3 Å². The van der Waals surface area contributed by atoms with Crippen LogP contribution >= 0.6 is 23.2 Å². The lowest BCUT2D eigenvalue weighted by Crippen LogP contribution is -2.30. The van der Waals surface area contributed by atoms with Gasteiger partial charge in [-0.1, -0.05) is 23.2 Å². The van der Waals surface area contributed by atoms with Crippen molar-refractivity contribution in [3.05, 3.63) is 58.0 Å². The highest BCUT2D eigenvalue weighted by Crippen LogP contribution is 2.28. The summed E-state index contributed by atoms with van der Waals surface area (Å²) in [6, 6.07) is 8.25. The number of amides is 1. The second kappa shape index (κ2) is 7.35. The minimum atomic E-state index is -1.06. The van der Waals surface area contributed by atoms with Crippen LogP contribution in [0.15, 0.2) is 40.9 Å². The first-order chi connectivity index (χ1) is 12.4. The van der Waals surface area contributed by atoms with Crippen molar-refractivity contribution >= 4 is 51.7 Å². The van der Waals surface area contributed by atoms with Crippen LogP contribution in [0.2, 0.25) is 10.2 Å². The molecular formula is C18H14Cl2N2O4. The molecule has 0 spiro atoms. The van der Waals surface area contributed by atoms with Crippen LogP contribution in [-0.4, -0.2) is 23.0 Å². The number of nitrogens with one attached hydrogen (secondary N) is 1. The normalized spacial score (nSPS) is 12.0. The molecule has 0 saturated carbocycles. The molecule has 2 heterocycles. The molecule has 134 valence electrons. The minimum Gasteiger partial charge on any atom is -0.449 e. The van der Waals surface area contributed by atoms with Crippen LogP contribution in [0.4, 0.5) is 5.69 Å². The maximum Gasteiger partial charge on any atom is 0.375 e. The smallest absolute Gasteiger partial charge is 0.375 e. The predicted octanol–water partition coefficient (Wildman–Crippen LogP) is 4.63. The molecule has 8 heteroatoms. The van der Waals surface area contributed by atoms with Gasteiger partial charge in [-0.05, 0) is 44.2 Å². The largest absolute Gasteiger partial charge is 0.449 e. The zero-order chi connectivity index (χ0) is 18.8. The van der Waals surface area contributed by atoms with Crippen LogP contribution in [-0.2, 0) is 9.53 Å². The summed E-state index contributed by atoms with van der Waals surface area (Å²) in [5, 5.41) is 3.94. The average molecular weight is 393 g/mol. The summed E-state index contributed by atoms with van der Waals surface area (Å²) in [5.74, 6) is -1.25. The van der Waals surface area contributed by atoms with E-state index in [-0.39, 0.29) is 10.9 Å². The summed E-state index contributed by atoms with van der Waals surface area (Å²) in [7, 11) is 0. The van der Waals surface area contributed by atoms with Crippen LogP contribution in [0.5, 0.6) is 0 Å². The molecule has 1 atom stereocenters. The Balaban J connectivity index is 1.74. The van der Waals surface area contributed by atoms with E-state index >= 15 is 0 Å². The molecule has 1 N–H and O–H groups in total. The Morgan fingerprint density at radius 3 is 2.77 bits per heavy atom. The Morgan fingerprint density at radius 2 is 2.04 bits per heavy atom. The molecule has 0 radical (unpaired) electrons. The molecule has 2 aromatic heterocycles. The highest BCUT2D eigenvalue weighted by atomic mass is 35.5. The SMILES string of the molecule is Cc1c(C(=O)O[C@H](C)C(=O)Nc2cccnc2Cl)oc2ccc(Cl)cc12. The van der Waals surface area contributed by atoms with Gasteiger partial charge in [-0.2, -0.15) is 0 Å². The summed E-state index contributed by atoms with van der Waals surface area (Å²) in [4.78, 5) is 28.5. The number of aromatic nitrogens is 1. The standard InChI is InChI=1S/C18H14Cl2N2O4/c1-9-12-8-11(19)5-6-14(12)26-15(9)18(24)25-10(2)17(23)22-13-4-3-7-21-16(13)20/h3-8,10H,1-2H3,(H,22,23)/t10-/m1/s1. The van der Waals surface area contributed by atoms with Gasteiger partial charge in [-0.3, -0.25) is 4.79 Å². The second-order valence-electron chi connectivity index (χ2n) is 5.58. The fourth-order valence-electron chi connectivity index (χ4n) is 2.37.